The molecule has 0 aromatic carbocycles. The van der Waals surface area contributed by atoms with Crippen molar-refractivity contribution in [3.8, 4) is 5.82 Å². The summed E-state index contributed by atoms with van der Waals surface area (Å²) in [5.74, 6) is 1.69. The molecule has 2 rings (SSSR count). The smallest absolute Gasteiger partial charge is 0.191 e. The molecule has 0 fully saturated rings. The van der Waals surface area contributed by atoms with E-state index in [1.165, 1.54) is 0 Å². The summed E-state index contributed by atoms with van der Waals surface area (Å²) in [4.78, 5) is 15.6. The number of hydrogen-bond acceptors (Lipinski definition) is 4. The predicted molar refractivity (Wildman–Crippen MR) is 127 cm³/mol. The lowest BCUT2D eigenvalue weighted by atomic mass is 10.2. The Hall–Kier alpha value is -1.68. The molecule has 0 spiro atoms. The number of guanidine groups is 1. The van der Waals surface area contributed by atoms with Crippen LogP contribution in [0.25, 0.3) is 5.82 Å². The molecule has 0 unspecified atom stereocenters. The van der Waals surface area contributed by atoms with Gasteiger partial charge >= 0.3 is 0 Å². The van der Waals surface area contributed by atoms with Crippen LogP contribution < -0.4 is 10.6 Å². The van der Waals surface area contributed by atoms with E-state index in [-0.39, 0.29) is 24.0 Å². The molecule has 2 heterocycles. The second kappa shape index (κ2) is 12.7. The molecule has 0 bridgehead atoms. The van der Waals surface area contributed by atoms with E-state index in [9.17, 15) is 0 Å². The molecule has 0 atom stereocenters. The molecule has 2 N–H and O–H groups in total. The SMILES string of the molecule is CCNC(=NCc1ccnc(-n2ccnc2)c1)NCCN(C(C)C)C(C)C.I. The monoisotopic (exact) mass is 499 g/mol. The highest BCUT2D eigenvalue weighted by atomic mass is 127. The molecule has 0 radical (unpaired) electrons. The summed E-state index contributed by atoms with van der Waals surface area (Å²) >= 11 is 0. The fraction of sp³-hybridized carbons (Fsp3) is 0.550. The molecule has 0 saturated heterocycles. The Balaban J connectivity index is 0.00000392. The van der Waals surface area contributed by atoms with Crippen molar-refractivity contribution in [2.75, 3.05) is 19.6 Å². The first-order valence-electron chi connectivity index (χ1n) is 9.72. The summed E-state index contributed by atoms with van der Waals surface area (Å²) in [6.45, 7) is 14.3. The number of imidazole rings is 1. The third-order valence-corrected chi connectivity index (χ3v) is 4.33. The van der Waals surface area contributed by atoms with Crippen LogP contribution in [0, 0.1) is 0 Å². The van der Waals surface area contributed by atoms with E-state index in [2.05, 4.69) is 60.1 Å². The first kappa shape index (κ1) is 24.4. The van der Waals surface area contributed by atoms with Crippen LogP contribution in [-0.4, -0.2) is 57.1 Å². The second-order valence-electron chi connectivity index (χ2n) is 7.04. The Morgan fingerprint density at radius 1 is 1.18 bits per heavy atom. The molecule has 7 nitrogen and oxygen atoms in total. The van der Waals surface area contributed by atoms with Gasteiger partial charge in [0.25, 0.3) is 0 Å². The summed E-state index contributed by atoms with van der Waals surface area (Å²) in [5, 5.41) is 6.76. The van der Waals surface area contributed by atoms with Gasteiger partial charge in [-0.25, -0.2) is 15.0 Å². The zero-order valence-electron chi connectivity index (χ0n) is 17.6. The number of pyridine rings is 1. The van der Waals surface area contributed by atoms with Crippen molar-refractivity contribution in [2.45, 2.75) is 53.2 Å². The summed E-state index contributed by atoms with van der Waals surface area (Å²) in [5.41, 5.74) is 1.11. The van der Waals surface area contributed by atoms with Gasteiger partial charge in [0, 0.05) is 50.3 Å². The van der Waals surface area contributed by atoms with Crippen LogP contribution in [0.2, 0.25) is 0 Å². The molecule has 0 amide bonds. The Labute approximate surface area is 186 Å². The van der Waals surface area contributed by atoms with Crippen LogP contribution in [0.1, 0.15) is 40.2 Å². The number of nitrogens with zero attached hydrogens (tertiary/aromatic N) is 5. The van der Waals surface area contributed by atoms with Crippen molar-refractivity contribution in [1.29, 1.82) is 0 Å². The molecule has 2 aromatic heterocycles. The molecular weight excluding hydrogens is 465 g/mol. The number of nitrogens with one attached hydrogen (secondary N) is 2. The molecule has 0 saturated carbocycles. The first-order chi connectivity index (χ1) is 13.0. The average Bonchev–Trinajstić information content (AvgIpc) is 3.17. The van der Waals surface area contributed by atoms with E-state index in [0.29, 0.717) is 18.6 Å². The van der Waals surface area contributed by atoms with Gasteiger partial charge in [0.2, 0.25) is 0 Å². The normalized spacial score (nSPS) is 11.8. The third kappa shape index (κ3) is 7.75. The summed E-state index contributed by atoms with van der Waals surface area (Å²) in [6.07, 6.45) is 7.19. The molecule has 156 valence electrons. The van der Waals surface area contributed by atoms with Gasteiger partial charge in [-0.15, -0.1) is 24.0 Å². The van der Waals surface area contributed by atoms with E-state index in [1.54, 1.807) is 12.5 Å². The van der Waals surface area contributed by atoms with E-state index < -0.39 is 0 Å². The quantitative estimate of drug-likeness (QED) is 0.316. The van der Waals surface area contributed by atoms with Crippen molar-refractivity contribution >= 4 is 29.9 Å². The van der Waals surface area contributed by atoms with Crippen molar-refractivity contribution < 1.29 is 0 Å². The van der Waals surface area contributed by atoms with Crippen molar-refractivity contribution in [3.63, 3.8) is 0 Å². The van der Waals surface area contributed by atoms with Gasteiger partial charge in [-0.2, -0.15) is 0 Å². The molecular formula is C20H34IN7. The lowest BCUT2D eigenvalue weighted by molar-refractivity contribution is 0.178. The molecule has 0 aliphatic carbocycles. The number of aliphatic imine (C=N–C) groups is 1. The molecule has 0 aliphatic rings. The fourth-order valence-electron chi connectivity index (χ4n) is 3.02. The zero-order chi connectivity index (χ0) is 19.6. The number of rotatable bonds is 9. The van der Waals surface area contributed by atoms with Gasteiger partial charge in [0.05, 0.1) is 6.54 Å². The van der Waals surface area contributed by atoms with E-state index in [1.807, 2.05) is 29.1 Å². The molecule has 28 heavy (non-hydrogen) atoms. The van der Waals surface area contributed by atoms with Crippen LogP contribution >= 0.6 is 24.0 Å². The highest BCUT2D eigenvalue weighted by Gasteiger charge is 2.12. The minimum atomic E-state index is 0. The predicted octanol–water partition coefficient (Wildman–Crippen LogP) is 3.06. The first-order valence-corrected chi connectivity index (χ1v) is 9.72. The minimum absolute atomic E-state index is 0. The van der Waals surface area contributed by atoms with E-state index in [4.69, 9.17) is 4.99 Å². The highest BCUT2D eigenvalue weighted by Crippen LogP contribution is 2.08. The maximum absolute atomic E-state index is 4.72. The molecule has 2 aromatic rings. The standard InChI is InChI=1S/C20H33N7.HI/c1-6-22-20(24-10-12-27(16(2)3)17(4)5)25-14-18-7-8-23-19(13-18)26-11-9-21-15-26;/h7-9,11,13,15-17H,6,10,12,14H2,1-5H3,(H2,22,24,25);1H. The topological polar surface area (TPSA) is 70.4 Å². The number of hydrogen-bond donors (Lipinski definition) is 2. The van der Waals surface area contributed by atoms with E-state index in [0.717, 1.165) is 37.0 Å². The maximum atomic E-state index is 4.72. The zero-order valence-corrected chi connectivity index (χ0v) is 19.9. The van der Waals surface area contributed by atoms with Gasteiger partial charge in [-0.05, 0) is 52.3 Å². The van der Waals surface area contributed by atoms with Crippen molar-refractivity contribution in [1.82, 2.24) is 30.1 Å². The van der Waals surface area contributed by atoms with Gasteiger partial charge in [-0.3, -0.25) is 9.47 Å². The lowest BCUT2D eigenvalue weighted by Crippen LogP contribution is -2.45. The van der Waals surface area contributed by atoms with Crippen LogP contribution in [-0.2, 0) is 6.54 Å². The van der Waals surface area contributed by atoms with E-state index >= 15 is 0 Å². The highest BCUT2D eigenvalue weighted by molar-refractivity contribution is 14.0. The largest absolute Gasteiger partial charge is 0.357 e. The lowest BCUT2D eigenvalue weighted by Gasteiger charge is -2.30. The Morgan fingerprint density at radius 3 is 2.54 bits per heavy atom. The van der Waals surface area contributed by atoms with Crippen molar-refractivity contribution in [2.24, 2.45) is 4.99 Å². The average molecular weight is 499 g/mol. The van der Waals surface area contributed by atoms with Crippen LogP contribution in [0.5, 0.6) is 0 Å². The van der Waals surface area contributed by atoms with Crippen LogP contribution in [0.3, 0.4) is 0 Å². The van der Waals surface area contributed by atoms with Gasteiger partial charge in [-0.1, -0.05) is 0 Å². The van der Waals surface area contributed by atoms with Gasteiger partial charge in [0.15, 0.2) is 5.96 Å². The third-order valence-electron chi connectivity index (χ3n) is 4.33. The van der Waals surface area contributed by atoms with Crippen molar-refractivity contribution in [3.05, 3.63) is 42.6 Å². The maximum Gasteiger partial charge on any atom is 0.191 e. The van der Waals surface area contributed by atoms with Gasteiger partial charge in [0.1, 0.15) is 12.1 Å². The second-order valence-corrected chi connectivity index (χ2v) is 7.04. The van der Waals surface area contributed by atoms with Gasteiger partial charge < -0.3 is 10.6 Å². The fourth-order valence-corrected chi connectivity index (χ4v) is 3.02. The Morgan fingerprint density at radius 2 is 1.93 bits per heavy atom. The molecule has 8 heteroatoms. The summed E-state index contributed by atoms with van der Waals surface area (Å²) in [7, 11) is 0. The van der Waals surface area contributed by atoms with Crippen LogP contribution in [0.15, 0.2) is 42.0 Å². The summed E-state index contributed by atoms with van der Waals surface area (Å²) in [6, 6.07) is 5.09. The number of halogens is 1. The molecule has 0 aliphatic heterocycles. The Kier molecular flexibility index (Phi) is 11.1. The minimum Gasteiger partial charge on any atom is -0.357 e. The Bertz CT molecular complexity index is 690. The summed E-state index contributed by atoms with van der Waals surface area (Å²) < 4.78 is 1.89. The number of aromatic nitrogens is 3. The van der Waals surface area contributed by atoms with Crippen LogP contribution in [0.4, 0.5) is 0 Å².